The van der Waals surface area contributed by atoms with Crippen LogP contribution in [0.3, 0.4) is 0 Å². The van der Waals surface area contributed by atoms with Crippen LogP contribution in [-0.4, -0.2) is 20.1 Å². The van der Waals surface area contributed by atoms with Gasteiger partial charge in [0, 0.05) is 26.7 Å². The molecule has 0 radical (unpaired) electrons. The Labute approximate surface area is 157 Å². The molecule has 0 bridgehead atoms. The van der Waals surface area contributed by atoms with Crippen molar-refractivity contribution in [2.45, 2.75) is 49.0 Å². The lowest BCUT2D eigenvalue weighted by atomic mass is 9.85. The number of thiophene rings is 1. The number of aliphatic hydroxyl groups excluding tert-OH is 1. The van der Waals surface area contributed by atoms with Gasteiger partial charge in [-0.1, -0.05) is 30.5 Å². The topological polar surface area (TPSA) is 66.4 Å². The first-order valence-electron chi connectivity index (χ1n) is 8.36. The second kappa shape index (κ2) is 7.37. The molecule has 1 aromatic heterocycles. The fourth-order valence-corrected chi connectivity index (χ4v) is 5.99. The molecule has 1 atom stereocenters. The van der Waals surface area contributed by atoms with Crippen molar-refractivity contribution in [3.8, 4) is 0 Å². The molecule has 0 aliphatic heterocycles. The Morgan fingerprint density at radius 2 is 2.00 bits per heavy atom. The van der Waals surface area contributed by atoms with Crippen LogP contribution in [0.1, 0.15) is 48.5 Å². The molecule has 7 heteroatoms. The molecule has 3 rings (SSSR count). The van der Waals surface area contributed by atoms with Crippen LogP contribution in [-0.2, 0) is 15.4 Å². The van der Waals surface area contributed by atoms with Gasteiger partial charge in [-0.25, -0.2) is 13.1 Å². The molecule has 1 unspecified atom stereocenters. The highest BCUT2D eigenvalue weighted by molar-refractivity contribution is 7.89. The smallest absolute Gasteiger partial charge is 0.240 e. The predicted molar refractivity (Wildman–Crippen MR) is 102 cm³/mol. The van der Waals surface area contributed by atoms with Gasteiger partial charge in [-0.3, -0.25) is 0 Å². The predicted octanol–water partition coefficient (Wildman–Crippen LogP) is 4.25. The molecule has 25 heavy (non-hydrogen) atoms. The first-order valence-corrected chi connectivity index (χ1v) is 11.0. The number of hydrogen-bond acceptors (Lipinski definition) is 4. The molecular weight excluding hydrogens is 378 g/mol. The van der Waals surface area contributed by atoms with Crippen LogP contribution in [0.4, 0.5) is 0 Å². The van der Waals surface area contributed by atoms with Crippen molar-refractivity contribution in [1.29, 1.82) is 0 Å². The molecule has 1 saturated carbocycles. The minimum absolute atomic E-state index is 0.184. The van der Waals surface area contributed by atoms with E-state index in [0.717, 1.165) is 35.4 Å². The van der Waals surface area contributed by atoms with Crippen LogP contribution in [0, 0.1) is 0 Å². The third kappa shape index (κ3) is 4.09. The SMILES string of the molecule is CC(O)c1ccc(C2(CNS(=O)(=O)c3cccc(Cl)c3)CCCC2)s1. The average Bonchev–Trinajstić information content (AvgIpc) is 3.23. The van der Waals surface area contributed by atoms with Crippen LogP contribution < -0.4 is 4.72 Å². The van der Waals surface area contributed by atoms with E-state index in [4.69, 9.17) is 11.6 Å². The zero-order chi connectivity index (χ0) is 18.1. The van der Waals surface area contributed by atoms with Crippen molar-refractivity contribution in [3.63, 3.8) is 0 Å². The molecule has 4 nitrogen and oxygen atoms in total. The molecule has 0 spiro atoms. The van der Waals surface area contributed by atoms with Crippen LogP contribution >= 0.6 is 22.9 Å². The maximum absolute atomic E-state index is 12.6. The number of nitrogens with one attached hydrogen (secondary N) is 1. The van der Waals surface area contributed by atoms with Gasteiger partial charge in [-0.2, -0.15) is 0 Å². The molecule has 136 valence electrons. The van der Waals surface area contributed by atoms with Crippen molar-refractivity contribution >= 4 is 33.0 Å². The van der Waals surface area contributed by atoms with Gasteiger partial charge in [0.05, 0.1) is 11.0 Å². The fourth-order valence-electron chi connectivity index (χ4n) is 3.38. The summed E-state index contributed by atoms with van der Waals surface area (Å²) in [5, 5.41) is 10.2. The third-order valence-electron chi connectivity index (χ3n) is 4.83. The molecule has 1 aromatic carbocycles. The standard InChI is InChI=1S/C18H22ClNO3S2/c1-13(21)16-7-8-17(24-16)18(9-2-3-10-18)12-20-25(22,23)15-6-4-5-14(19)11-15/h4-8,11,13,20-21H,2-3,9-10,12H2,1H3. The summed E-state index contributed by atoms with van der Waals surface area (Å²) in [5.74, 6) is 0. The van der Waals surface area contributed by atoms with Crippen LogP contribution in [0.15, 0.2) is 41.3 Å². The lowest BCUT2D eigenvalue weighted by molar-refractivity contribution is 0.203. The Morgan fingerprint density at radius 1 is 1.28 bits per heavy atom. The van der Waals surface area contributed by atoms with E-state index in [2.05, 4.69) is 4.72 Å². The number of sulfonamides is 1. The van der Waals surface area contributed by atoms with Crippen LogP contribution in [0.5, 0.6) is 0 Å². The van der Waals surface area contributed by atoms with E-state index in [1.165, 1.54) is 6.07 Å². The van der Waals surface area contributed by atoms with Crippen molar-refractivity contribution in [3.05, 3.63) is 51.2 Å². The number of halogens is 1. The molecule has 0 saturated heterocycles. The Bertz CT molecular complexity index is 840. The first kappa shape index (κ1) is 18.9. The summed E-state index contributed by atoms with van der Waals surface area (Å²) in [6, 6.07) is 10.3. The molecule has 1 fully saturated rings. The number of aliphatic hydroxyl groups is 1. The molecule has 1 heterocycles. The Kier molecular flexibility index (Phi) is 5.56. The van der Waals surface area contributed by atoms with Gasteiger partial charge >= 0.3 is 0 Å². The maximum atomic E-state index is 12.6. The van der Waals surface area contributed by atoms with Gasteiger partial charge in [0.25, 0.3) is 0 Å². The summed E-state index contributed by atoms with van der Waals surface area (Å²) in [7, 11) is -3.61. The van der Waals surface area contributed by atoms with E-state index >= 15 is 0 Å². The van der Waals surface area contributed by atoms with Crippen molar-refractivity contribution < 1.29 is 13.5 Å². The van der Waals surface area contributed by atoms with E-state index in [-0.39, 0.29) is 10.3 Å². The lowest BCUT2D eigenvalue weighted by Gasteiger charge is -2.28. The average molecular weight is 400 g/mol. The van der Waals surface area contributed by atoms with Gasteiger partial charge in [0.2, 0.25) is 10.0 Å². The molecule has 1 aliphatic rings. The van der Waals surface area contributed by atoms with Gasteiger partial charge in [-0.05, 0) is 50.1 Å². The van der Waals surface area contributed by atoms with E-state index < -0.39 is 16.1 Å². The van der Waals surface area contributed by atoms with E-state index in [9.17, 15) is 13.5 Å². The molecule has 2 N–H and O–H groups in total. The van der Waals surface area contributed by atoms with E-state index in [1.807, 2.05) is 12.1 Å². The largest absolute Gasteiger partial charge is 0.388 e. The van der Waals surface area contributed by atoms with Gasteiger partial charge in [-0.15, -0.1) is 11.3 Å². The summed E-state index contributed by atoms with van der Waals surface area (Å²) in [6.07, 6.45) is 3.57. The zero-order valence-electron chi connectivity index (χ0n) is 14.0. The van der Waals surface area contributed by atoms with Crippen molar-refractivity contribution in [1.82, 2.24) is 4.72 Å². The van der Waals surface area contributed by atoms with Crippen molar-refractivity contribution in [2.75, 3.05) is 6.54 Å². The number of rotatable bonds is 6. The Morgan fingerprint density at radius 3 is 2.60 bits per heavy atom. The number of benzene rings is 1. The summed E-state index contributed by atoms with van der Waals surface area (Å²) in [4.78, 5) is 2.25. The zero-order valence-corrected chi connectivity index (χ0v) is 16.4. The Hall–Kier alpha value is -0.920. The van der Waals surface area contributed by atoms with E-state index in [1.54, 1.807) is 36.5 Å². The summed E-state index contributed by atoms with van der Waals surface area (Å²) in [6.45, 7) is 2.11. The summed E-state index contributed by atoms with van der Waals surface area (Å²) in [5.41, 5.74) is -0.191. The Balaban J connectivity index is 1.82. The molecular formula is C18H22ClNO3S2. The quantitative estimate of drug-likeness (QED) is 0.763. The summed E-state index contributed by atoms with van der Waals surface area (Å²) < 4.78 is 28.0. The van der Waals surface area contributed by atoms with Crippen LogP contribution in [0.2, 0.25) is 5.02 Å². The van der Waals surface area contributed by atoms with Gasteiger partial charge in [0.15, 0.2) is 0 Å². The fraction of sp³-hybridized carbons (Fsp3) is 0.444. The molecule has 2 aromatic rings. The minimum Gasteiger partial charge on any atom is -0.388 e. The number of hydrogen-bond donors (Lipinski definition) is 2. The van der Waals surface area contributed by atoms with Crippen LogP contribution in [0.25, 0.3) is 0 Å². The van der Waals surface area contributed by atoms with Gasteiger partial charge < -0.3 is 5.11 Å². The minimum atomic E-state index is -3.61. The van der Waals surface area contributed by atoms with Crippen molar-refractivity contribution in [2.24, 2.45) is 0 Å². The monoisotopic (exact) mass is 399 g/mol. The molecule has 0 amide bonds. The third-order valence-corrected chi connectivity index (χ3v) is 7.96. The van der Waals surface area contributed by atoms with E-state index in [0.29, 0.717) is 11.6 Å². The highest BCUT2D eigenvalue weighted by Crippen LogP contribution is 2.44. The normalized spacial score (nSPS) is 18.4. The highest BCUT2D eigenvalue weighted by Gasteiger charge is 2.38. The van der Waals surface area contributed by atoms with Gasteiger partial charge in [0.1, 0.15) is 0 Å². The first-order chi connectivity index (χ1) is 11.8. The second-order valence-corrected chi connectivity index (χ2v) is 9.97. The second-order valence-electron chi connectivity index (χ2n) is 6.65. The molecule has 1 aliphatic carbocycles. The maximum Gasteiger partial charge on any atom is 0.240 e. The summed E-state index contributed by atoms with van der Waals surface area (Å²) >= 11 is 7.50. The highest BCUT2D eigenvalue weighted by atomic mass is 35.5. The lowest BCUT2D eigenvalue weighted by Crippen LogP contribution is -2.38.